The number of hydrogen-bond donors (Lipinski definition) is 1. The molecule has 3 nitrogen and oxygen atoms in total. The van der Waals surface area contributed by atoms with Crippen LogP contribution in [0.1, 0.15) is 12.0 Å². The Hall–Kier alpha value is -2.23. The number of nitrogens with two attached hydrogens (primary N) is 1. The average molecular weight is 286 g/mol. The molecule has 1 aliphatic heterocycles. The Labute approximate surface area is 124 Å². The first-order valence-electron chi connectivity index (χ1n) is 7.24. The van der Waals surface area contributed by atoms with E-state index in [1.807, 2.05) is 6.07 Å². The number of benzene rings is 2. The molecule has 0 fully saturated rings. The molecule has 110 valence electrons. The van der Waals surface area contributed by atoms with Gasteiger partial charge in [-0.25, -0.2) is 4.39 Å². The summed E-state index contributed by atoms with van der Waals surface area (Å²) in [6.45, 7) is 2.42. The second-order valence-electron chi connectivity index (χ2n) is 5.28. The molecule has 0 aromatic heterocycles. The number of hydrogen-bond acceptors (Lipinski definition) is 3. The molecule has 0 spiro atoms. The smallest absolute Gasteiger partial charge is 0.123 e. The fourth-order valence-electron chi connectivity index (χ4n) is 2.73. The highest BCUT2D eigenvalue weighted by molar-refractivity contribution is 5.61. The van der Waals surface area contributed by atoms with E-state index < -0.39 is 0 Å². The molecular weight excluding hydrogens is 267 g/mol. The summed E-state index contributed by atoms with van der Waals surface area (Å²) < 4.78 is 18.5. The third-order valence-corrected chi connectivity index (χ3v) is 3.76. The van der Waals surface area contributed by atoms with Crippen molar-refractivity contribution in [2.45, 2.75) is 12.8 Å². The van der Waals surface area contributed by atoms with Crippen molar-refractivity contribution < 1.29 is 9.13 Å². The van der Waals surface area contributed by atoms with Crippen LogP contribution in [0.2, 0.25) is 0 Å². The van der Waals surface area contributed by atoms with Crippen LogP contribution in [-0.4, -0.2) is 19.7 Å². The van der Waals surface area contributed by atoms with E-state index in [1.165, 1.54) is 23.4 Å². The molecular formula is C17H19FN2O. The summed E-state index contributed by atoms with van der Waals surface area (Å²) >= 11 is 0. The van der Waals surface area contributed by atoms with Crippen LogP contribution in [0.5, 0.6) is 5.75 Å². The van der Waals surface area contributed by atoms with Gasteiger partial charge in [0.25, 0.3) is 0 Å². The third-order valence-electron chi connectivity index (χ3n) is 3.76. The Morgan fingerprint density at radius 2 is 1.95 bits per heavy atom. The fourth-order valence-corrected chi connectivity index (χ4v) is 2.73. The highest BCUT2D eigenvalue weighted by Gasteiger charge is 2.16. The molecule has 2 aromatic carbocycles. The van der Waals surface area contributed by atoms with Crippen molar-refractivity contribution in [3.63, 3.8) is 0 Å². The number of rotatable bonds is 4. The molecule has 0 saturated heterocycles. The molecule has 21 heavy (non-hydrogen) atoms. The van der Waals surface area contributed by atoms with Crippen molar-refractivity contribution >= 4 is 11.4 Å². The molecule has 0 unspecified atom stereocenters. The first kappa shape index (κ1) is 13.7. The molecule has 0 amide bonds. The maximum Gasteiger partial charge on any atom is 0.123 e. The monoisotopic (exact) mass is 286 g/mol. The van der Waals surface area contributed by atoms with Gasteiger partial charge in [-0.3, -0.25) is 0 Å². The molecule has 0 radical (unpaired) electrons. The number of halogens is 1. The molecule has 0 atom stereocenters. The van der Waals surface area contributed by atoms with E-state index in [1.54, 1.807) is 12.1 Å². The van der Waals surface area contributed by atoms with Crippen LogP contribution in [0.3, 0.4) is 0 Å². The molecule has 1 aliphatic rings. The van der Waals surface area contributed by atoms with Crippen molar-refractivity contribution in [2.75, 3.05) is 30.3 Å². The van der Waals surface area contributed by atoms with Crippen LogP contribution in [-0.2, 0) is 6.42 Å². The van der Waals surface area contributed by atoms with Crippen molar-refractivity contribution in [2.24, 2.45) is 0 Å². The number of ether oxygens (including phenoxy) is 1. The fraction of sp³-hybridized carbons (Fsp3) is 0.294. The van der Waals surface area contributed by atoms with Gasteiger partial charge in [-0.15, -0.1) is 0 Å². The summed E-state index contributed by atoms with van der Waals surface area (Å²) in [5.41, 5.74) is 9.22. The highest BCUT2D eigenvalue weighted by atomic mass is 19.1. The van der Waals surface area contributed by atoms with Gasteiger partial charge in [0.2, 0.25) is 0 Å². The van der Waals surface area contributed by atoms with Gasteiger partial charge in [0, 0.05) is 17.9 Å². The van der Waals surface area contributed by atoms with Crippen LogP contribution in [0.25, 0.3) is 0 Å². The second kappa shape index (κ2) is 6.04. The maximum absolute atomic E-state index is 12.8. The van der Waals surface area contributed by atoms with E-state index in [-0.39, 0.29) is 5.82 Å². The van der Waals surface area contributed by atoms with Gasteiger partial charge in [-0.05, 0) is 60.9 Å². The maximum atomic E-state index is 12.8. The van der Waals surface area contributed by atoms with Crippen LogP contribution in [0.4, 0.5) is 15.8 Å². The average Bonchev–Trinajstić information content (AvgIpc) is 2.49. The lowest BCUT2D eigenvalue weighted by Gasteiger charge is -2.31. The van der Waals surface area contributed by atoms with Crippen LogP contribution < -0.4 is 15.4 Å². The zero-order chi connectivity index (χ0) is 14.7. The number of fused-ring (bicyclic) bond motifs is 1. The Morgan fingerprint density at radius 3 is 2.76 bits per heavy atom. The van der Waals surface area contributed by atoms with Gasteiger partial charge < -0.3 is 15.4 Å². The van der Waals surface area contributed by atoms with Gasteiger partial charge in [-0.1, -0.05) is 0 Å². The van der Waals surface area contributed by atoms with E-state index >= 15 is 0 Å². The van der Waals surface area contributed by atoms with Gasteiger partial charge in [0.15, 0.2) is 0 Å². The van der Waals surface area contributed by atoms with Gasteiger partial charge in [-0.2, -0.15) is 0 Å². The lowest BCUT2D eigenvalue weighted by molar-refractivity contribution is 0.322. The highest BCUT2D eigenvalue weighted by Crippen LogP contribution is 2.28. The zero-order valence-corrected chi connectivity index (χ0v) is 11.9. The molecule has 2 aromatic rings. The first-order chi connectivity index (χ1) is 10.2. The number of nitrogens with zero attached hydrogens (tertiary/aromatic N) is 1. The van der Waals surface area contributed by atoms with Crippen molar-refractivity contribution in [3.05, 3.63) is 53.8 Å². The first-order valence-corrected chi connectivity index (χ1v) is 7.24. The number of nitrogen functional groups attached to an aromatic ring is 1. The summed E-state index contributed by atoms with van der Waals surface area (Å²) in [6, 6.07) is 12.2. The Kier molecular flexibility index (Phi) is 3.95. The summed E-state index contributed by atoms with van der Waals surface area (Å²) in [5.74, 6) is 0.454. The molecule has 4 heteroatoms. The van der Waals surface area contributed by atoms with Crippen LogP contribution >= 0.6 is 0 Å². The minimum atomic E-state index is -0.245. The predicted octanol–water partition coefficient (Wildman–Crippen LogP) is 3.24. The standard InChI is InChI=1S/C17H19FN2O/c18-14-3-6-16(7-4-14)21-11-10-20-9-1-2-13-12-15(19)5-8-17(13)20/h3-8,12H,1-2,9-11,19H2. The SMILES string of the molecule is Nc1ccc2c(c1)CCCN2CCOc1ccc(F)cc1. The second-order valence-corrected chi connectivity index (χ2v) is 5.28. The van der Waals surface area contributed by atoms with Gasteiger partial charge in [0.1, 0.15) is 18.2 Å². The largest absolute Gasteiger partial charge is 0.492 e. The summed E-state index contributed by atoms with van der Waals surface area (Å²) in [6.07, 6.45) is 2.21. The zero-order valence-electron chi connectivity index (χ0n) is 11.9. The van der Waals surface area contributed by atoms with Gasteiger partial charge >= 0.3 is 0 Å². The van der Waals surface area contributed by atoms with Crippen LogP contribution in [0, 0.1) is 5.82 Å². The van der Waals surface area contributed by atoms with Crippen LogP contribution in [0.15, 0.2) is 42.5 Å². The predicted molar refractivity (Wildman–Crippen MR) is 83.3 cm³/mol. The lowest BCUT2D eigenvalue weighted by atomic mass is 10.0. The van der Waals surface area contributed by atoms with E-state index in [4.69, 9.17) is 10.5 Å². The summed E-state index contributed by atoms with van der Waals surface area (Å²) in [4.78, 5) is 2.32. The molecule has 0 saturated carbocycles. The van der Waals surface area contributed by atoms with Gasteiger partial charge in [0.05, 0.1) is 6.54 Å². The molecule has 1 heterocycles. The Bertz CT molecular complexity index is 613. The third kappa shape index (κ3) is 3.27. The van der Waals surface area contributed by atoms with Crippen molar-refractivity contribution in [3.8, 4) is 5.75 Å². The quantitative estimate of drug-likeness (QED) is 0.877. The van der Waals surface area contributed by atoms with E-state index in [2.05, 4.69) is 17.0 Å². The minimum absolute atomic E-state index is 0.245. The number of aryl methyl sites for hydroxylation is 1. The topological polar surface area (TPSA) is 38.5 Å². The van der Waals surface area contributed by atoms with Crippen molar-refractivity contribution in [1.82, 2.24) is 0 Å². The summed E-state index contributed by atoms with van der Waals surface area (Å²) in [7, 11) is 0. The normalized spacial score (nSPS) is 13.9. The van der Waals surface area contributed by atoms with E-state index in [0.717, 1.165) is 31.6 Å². The van der Waals surface area contributed by atoms with E-state index in [9.17, 15) is 4.39 Å². The van der Waals surface area contributed by atoms with E-state index in [0.29, 0.717) is 12.4 Å². The molecule has 0 aliphatic carbocycles. The Morgan fingerprint density at radius 1 is 1.14 bits per heavy atom. The Balaban J connectivity index is 1.60. The molecule has 2 N–H and O–H groups in total. The minimum Gasteiger partial charge on any atom is -0.492 e. The molecule has 0 bridgehead atoms. The lowest BCUT2D eigenvalue weighted by Crippen LogP contribution is -2.33. The van der Waals surface area contributed by atoms with Crippen molar-refractivity contribution in [1.29, 1.82) is 0 Å². The number of anilines is 2. The summed E-state index contributed by atoms with van der Waals surface area (Å²) in [5, 5.41) is 0. The molecule has 3 rings (SSSR count).